The molecule has 0 bridgehead atoms. The molecular formula is C17H30N2O5S. The first-order valence-corrected chi connectivity index (χ1v) is 11.3. The Morgan fingerprint density at radius 2 is 1.72 bits per heavy atom. The summed E-state index contributed by atoms with van der Waals surface area (Å²) in [4.78, 5) is 14.4. The molecule has 0 aromatic rings. The standard InChI is InChI=1S/C17H30N2O5S/c1-25(21,22)19(15-5-3-2-4-6-15)10-7-16(20)18-11-8-17(9-12-18)23-13-14-24-17/h15H,2-14H2,1H3. The molecule has 3 aliphatic rings. The van der Waals surface area contributed by atoms with Crippen LogP contribution in [0.1, 0.15) is 51.4 Å². The summed E-state index contributed by atoms with van der Waals surface area (Å²) in [5.74, 6) is -0.463. The Morgan fingerprint density at radius 3 is 2.28 bits per heavy atom. The van der Waals surface area contributed by atoms with Gasteiger partial charge in [-0.1, -0.05) is 19.3 Å². The topological polar surface area (TPSA) is 76.2 Å². The molecule has 2 saturated heterocycles. The Labute approximate surface area is 150 Å². The number of sulfonamides is 1. The highest BCUT2D eigenvalue weighted by atomic mass is 32.2. The molecule has 2 aliphatic heterocycles. The largest absolute Gasteiger partial charge is 0.347 e. The van der Waals surface area contributed by atoms with E-state index in [-0.39, 0.29) is 24.9 Å². The minimum absolute atomic E-state index is 0.0253. The first kappa shape index (κ1) is 19.1. The second-order valence-corrected chi connectivity index (χ2v) is 9.34. The van der Waals surface area contributed by atoms with Gasteiger partial charge in [-0.25, -0.2) is 8.42 Å². The Balaban J connectivity index is 1.51. The average Bonchev–Trinajstić information content (AvgIpc) is 3.03. The molecule has 1 saturated carbocycles. The van der Waals surface area contributed by atoms with Gasteiger partial charge in [-0.2, -0.15) is 4.31 Å². The van der Waals surface area contributed by atoms with Crippen LogP contribution in [0.4, 0.5) is 0 Å². The Morgan fingerprint density at radius 1 is 1.12 bits per heavy atom. The number of carbonyl (C=O) groups is 1. The molecule has 2 heterocycles. The number of piperidine rings is 1. The number of ether oxygens (including phenoxy) is 2. The predicted octanol–water partition coefficient (Wildman–Crippen LogP) is 1.34. The number of likely N-dealkylation sites (tertiary alicyclic amines) is 1. The summed E-state index contributed by atoms with van der Waals surface area (Å²) >= 11 is 0. The Kier molecular flexibility index (Phi) is 6.03. The number of amides is 1. The molecule has 0 aromatic heterocycles. The normalized spacial score (nSPS) is 25.0. The lowest BCUT2D eigenvalue weighted by Crippen LogP contribution is -2.48. The van der Waals surface area contributed by atoms with Crippen LogP contribution < -0.4 is 0 Å². The van der Waals surface area contributed by atoms with E-state index in [1.807, 2.05) is 4.90 Å². The van der Waals surface area contributed by atoms with Crippen molar-refractivity contribution in [1.29, 1.82) is 0 Å². The van der Waals surface area contributed by atoms with Gasteiger partial charge in [0, 0.05) is 44.9 Å². The van der Waals surface area contributed by atoms with E-state index in [1.54, 1.807) is 4.31 Å². The minimum Gasteiger partial charge on any atom is -0.347 e. The number of rotatable bonds is 5. The van der Waals surface area contributed by atoms with E-state index in [4.69, 9.17) is 9.47 Å². The van der Waals surface area contributed by atoms with Crippen molar-refractivity contribution in [3.8, 4) is 0 Å². The van der Waals surface area contributed by atoms with Gasteiger partial charge in [0.2, 0.25) is 15.9 Å². The van der Waals surface area contributed by atoms with Gasteiger partial charge < -0.3 is 14.4 Å². The van der Waals surface area contributed by atoms with Crippen LogP contribution >= 0.6 is 0 Å². The summed E-state index contributed by atoms with van der Waals surface area (Å²) in [5, 5.41) is 0. The highest BCUT2D eigenvalue weighted by Crippen LogP contribution is 2.31. The Hall–Kier alpha value is -0.700. The molecule has 3 fully saturated rings. The summed E-state index contributed by atoms with van der Waals surface area (Å²) in [6.45, 7) is 2.76. The van der Waals surface area contributed by atoms with E-state index in [2.05, 4.69) is 0 Å². The SMILES string of the molecule is CS(=O)(=O)N(CCC(=O)N1CCC2(CC1)OCCO2)C1CCCCC1. The van der Waals surface area contributed by atoms with E-state index >= 15 is 0 Å². The van der Waals surface area contributed by atoms with Gasteiger partial charge in [0.1, 0.15) is 0 Å². The van der Waals surface area contributed by atoms with Crippen LogP contribution in [0.3, 0.4) is 0 Å². The first-order valence-electron chi connectivity index (χ1n) is 9.42. The van der Waals surface area contributed by atoms with E-state index in [1.165, 1.54) is 12.7 Å². The van der Waals surface area contributed by atoms with Crippen molar-refractivity contribution in [1.82, 2.24) is 9.21 Å². The Bertz CT molecular complexity index is 558. The molecule has 0 unspecified atom stereocenters. The van der Waals surface area contributed by atoms with Crippen molar-refractivity contribution >= 4 is 15.9 Å². The molecular weight excluding hydrogens is 344 g/mol. The van der Waals surface area contributed by atoms with E-state index < -0.39 is 15.8 Å². The van der Waals surface area contributed by atoms with Crippen molar-refractivity contribution in [3.63, 3.8) is 0 Å². The third-order valence-corrected chi connectivity index (χ3v) is 6.98. The maximum Gasteiger partial charge on any atom is 0.223 e. The lowest BCUT2D eigenvalue weighted by Gasteiger charge is -2.38. The fourth-order valence-electron chi connectivity index (χ4n) is 4.23. The van der Waals surface area contributed by atoms with Gasteiger partial charge in [-0.15, -0.1) is 0 Å². The third-order valence-electron chi connectivity index (χ3n) is 5.65. The van der Waals surface area contributed by atoms with Gasteiger partial charge >= 0.3 is 0 Å². The summed E-state index contributed by atoms with van der Waals surface area (Å²) in [6.07, 6.45) is 8.01. The second kappa shape index (κ2) is 7.90. The molecule has 25 heavy (non-hydrogen) atoms. The maximum absolute atomic E-state index is 12.5. The predicted molar refractivity (Wildman–Crippen MR) is 93.5 cm³/mol. The number of carbonyl (C=O) groups excluding carboxylic acids is 1. The van der Waals surface area contributed by atoms with Gasteiger partial charge in [0.05, 0.1) is 19.5 Å². The quantitative estimate of drug-likeness (QED) is 0.726. The minimum atomic E-state index is -3.29. The fourth-order valence-corrected chi connectivity index (χ4v) is 5.41. The zero-order valence-electron chi connectivity index (χ0n) is 15.1. The van der Waals surface area contributed by atoms with Crippen LogP contribution in [-0.4, -0.2) is 74.5 Å². The molecule has 1 spiro atoms. The fraction of sp³-hybridized carbons (Fsp3) is 0.941. The maximum atomic E-state index is 12.5. The van der Waals surface area contributed by atoms with E-state index in [0.717, 1.165) is 25.7 Å². The van der Waals surface area contributed by atoms with Crippen molar-refractivity contribution in [2.75, 3.05) is 39.1 Å². The number of hydrogen-bond acceptors (Lipinski definition) is 5. The van der Waals surface area contributed by atoms with Crippen molar-refractivity contribution < 1.29 is 22.7 Å². The smallest absolute Gasteiger partial charge is 0.223 e. The highest BCUT2D eigenvalue weighted by molar-refractivity contribution is 7.88. The van der Waals surface area contributed by atoms with Crippen LogP contribution in [0.5, 0.6) is 0 Å². The summed E-state index contributed by atoms with van der Waals surface area (Å²) in [7, 11) is -3.29. The molecule has 8 heteroatoms. The molecule has 144 valence electrons. The van der Waals surface area contributed by atoms with Crippen LogP contribution in [0.2, 0.25) is 0 Å². The molecule has 0 atom stereocenters. The lowest BCUT2D eigenvalue weighted by atomic mass is 9.95. The summed E-state index contributed by atoms with van der Waals surface area (Å²) in [6, 6.07) is 0.0569. The van der Waals surface area contributed by atoms with Crippen LogP contribution in [0.25, 0.3) is 0 Å². The molecule has 0 aromatic carbocycles. The molecule has 0 radical (unpaired) electrons. The van der Waals surface area contributed by atoms with Gasteiger partial charge in [-0.05, 0) is 12.8 Å². The molecule has 1 amide bonds. The zero-order valence-corrected chi connectivity index (χ0v) is 15.9. The van der Waals surface area contributed by atoms with Crippen LogP contribution in [0, 0.1) is 0 Å². The van der Waals surface area contributed by atoms with Gasteiger partial charge in [0.15, 0.2) is 5.79 Å². The molecule has 3 rings (SSSR count). The highest BCUT2D eigenvalue weighted by Gasteiger charge is 2.40. The lowest BCUT2D eigenvalue weighted by molar-refractivity contribution is -0.187. The van der Waals surface area contributed by atoms with Gasteiger partial charge in [0.25, 0.3) is 0 Å². The number of hydrogen-bond donors (Lipinski definition) is 0. The third kappa shape index (κ3) is 4.72. The summed E-state index contributed by atoms with van der Waals surface area (Å²) in [5.41, 5.74) is 0. The van der Waals surface area contributed by atoms with Crippen molar-refractivity contribution in [2.24, 2.45) is 0 Å². The van der Waals surface area contributed by atoms with Crippen molar-refractivity contribution in [2.45, 2.75) is 63.2 Å². The van der Waals surface area contributed by atoms with Crippen LogP contribution in [-0.2, 0) is 24.3 Å². The summed E-state index contributed by atoms with van der Waals surface area (Å²) < 4.78 is 37.2. The average molecular weight is 375 g/mol. The second-order valence-electron chi connectivity index (χ2n) is 7.40. The zero-order chi connectivity index (χ0) is 17.9. The molecule has 7 nitrogen and oxygen atoms in total. The first-order chi connectivity index (χ1) is 11.9. The van der Waals surface area contributed by atoms with Crippen LogP contribution in [0.15, 0.2) is 0 Å². The van der Waals surface area contributed by atoms with Crippen molar-refractivity contribution in [3.05, 3.63) is 0 Å². The molecule has 0 N–H and O–H groups in total. The molecule has 1 aliphatic carbocycles. The van der Waals surface area contributed by atoms with E-state index in [0.29, 0.717) is 39.1 Å². The van der Waals surface area contributed by atoms with Gasteiger partial charge in [-0.3, -0.25) is 4.79 Å². The number of nitrogens with zero attached hydrogens (tertiary/aromatic N) is 2. The monoisotopic (exact) mass is 374 g/mol. The van der Waals surface area contributed by atoms with E-state index in [9.17, 15) is 13.2 Å².